The van der Waals surface area contributed by atoms with E-state index in [1.165, 1.54) is 32.8 Å². The molecule has 1 aromatic heterocycles. The van der Waals surface area contributed by atoms with Gasteiger partial charge in [0.2, 0.25) is 5.88 Å². The Morgan fingerprint density at radius 2 is 1.60 bits per heavy atom. The second kappa shape index (κ2) is 10.2. The van der Waals surface area contributed by atoms with Crippen LogP contribution in [0.4, 0.5) is 0 Å². The molecule has 0 saturated carbocycles. The van der Waals surface area contributed by atoms with Crippen LogP contribution in [0.15, 0.2) is 66.7 Å². The highest BCUT2D eigenvalue weighted by atomic mass is 28.3. The first-order valence-electron chi connectivity index (χ1n) is 12.5. The molecule has 0 radical (unpaired) electrons. The summed E-state index contributed by atoms with van der Waals surface area (Å²) in [5.41, 5.74) is 6.26. The maximum atomic E-state index is 6.69. The Bertz CT molecular complexity index is 1320. The first kappa shape index (κ1) is 25.0. The Balaban J connectivity index is 1.75. The Morgan fingerprint density at radius 1 is 0.886 bits per heavy atom. The molecule has 0 saturated heterocycles. The molecule has 1 heterocycles. The maximum absolute atomic E-state index is 6.69. The van der Waals surface area contributed by atoms with E-state index in [4.69, 9.17) is 14.5 Å². The van der Waals surface area contributed by atoms with Crippen molar-refractivity contribution in [1.82, 2.24) is 4.98 Å². The van der Waals surface area contributed by atoms with Crippen LogP contribution in [0.1, 0.15) is 43.0 Å². The average Bonchev–Trinajstić information content (AvgIpc) is 2.82. The third-order valence-electron chi connectivity index (χ3n) is 6.73. The summed E-state index contributed by atoms with van der Waals surface area (Å²) in [4.78, 5) is 4.97. The fourth-order valence-electron chi connectivity index (χ4n) is 4.73. The molecule has 3 nitrogen and oxygen atoms in total. The lowest BCUT2D eigenvalue weighted by molar-refractivity contribution is 0.414. The Labute approximate surface area is 211 Å². The highest BCUT2D eigenvalue weighted by Crippen LogP contribution is 2.35. The molecular formula is C31H37NO2Si. The lowest BCUT2D eigenvalue weighted by atomic mass is 9.81. The van der Waals surface area contributed by atoms with Gasteiger partial charge in [-0.2, -0.15) is 0 Å². The number of ether oxygens (including phenoxy) is 2. The molecule has 3 aromatic carbocycles. The maximum Gasteiger partial charge on any atom is 0.218 e. The Kier molecular flexibility index (Phi) is 7.32. The van der Waals surface area contributed by atoms with Crippen LogP contribution in [0.3, 0.4) is 0 Å². The zero-order valence-corrected chi connectivity index (χ0v) is 23.3. The monoisotopic (exact) mass is 483 g/mol. The van der Waals surface area contributed by atoms with Crippen molar-refractivity contribution in [3.8, 4) is 17.4 Å². The minimum absolute atomic E-state index is 0.0642. The molecule has 0 bridgehead atoms. The van der Waals surface area contributed by atoms with Gasteiger partial charge in [0.25, 0.3) is 0 Å². The number of methoxy groups -OCH3 is 1. The van der Waals surface area contributed by atoms with Gasteiger partial charge in [-0.3, -0.25) is 0 Å². The molecule has 182 valence electrons. The lowest BCUT2D eigenvalue weighted by Crippen LogP contribution is -2.25. The molecule has 0 N–H and O–H groups in total. The Morgan fingerprint density at radius 3 is 2.26 bits per heavy atom. The largest absolute Gasteiger partial charge is 0.497 e. The van der Waals surface area contributed by atoms with Gasteiger partial charge in [-0.15, -0.1) is 0 Å². The standard InChI is InChI=1S/C31H37NO2Si/c1-21-25(17-14-22-12-15-24(33-5)16-13-22)28(19-18-26(21)31(2,3)4)34-30-29(35(6)7)20-23-10-8-9-11-27(23)32-30/h8-13,15-16,18-20,35H,14,17H2,1-7H3. The number of hydrogen-bond donors (Lipinski definition) is 0. The van der Waals surface area contributed by atoms with E-state index in [1.54, 1.807) is 7.11 Å². The summed E-state index contributed by atoms with van der Waals surface area (Å²) < 4.78 is 12.0. The number of benzene rings is 3. The molecule has 0 fully saturated rings. The molecule has 0 aliphatic heterocycles. The van der Waals surface area contributed by atoms with Crippen LogP contribution in [-0.4, -0.2) is 20.9 Å². The molecule has 35 heavy (non-hydrogen) atoms. The third kappa shape index (κ3) is 5.59. The molecular weight excluding hydrogens is 446 g/mol. The van der Waals surface area contributed by atoms with Gasteiger partial charge in [-0.1, -0.05) is 70.3 Å². The number of aryl methyl sites for hydroxylation is 1. The number of aromatic nitrogens is 1. The summed E-state index contributed by atoms with van der Waals surface area (Å²) in [5.74, 6) is 2.57. The second-order valence-corrected chi connectivity index (χ2v) is 13.6. The normalized spacial score (nSPS) is 11.8. The van der Waals surface area contributed by atoms with Crippen molar-refractivity contribution in [1.29, 1.82) is 0 Å². The smallest absolute Gasteiger partial charge is 0.218 e. The van der Waals surface area contributed by atoms with Gasteiger partial charge in [-0.05, 0) is 83.0 Å². The van der Waals surface area contributed by atoms with Crippen LogP contribution in [0, 0.1) is 6.92 Å². The van der Waals surface area contributed by atoms with Crippen LogP contribution in [0.5, 0.6) is 17.4 Å². The van der Waals surface area contributed by atoms with E-state index in [0.29, 0.717) is 0 Å². The van der Waals surface area contributed by atoms with Gasteiger partial charge in [0.05, 0.1) is 21.4 Å². The van der Waals surface area contributed by atoms with Crippen molar-refractivity contribution in [3.63, 3.8) is 0 Å². The molecule has 4 rings (SSSR count). The van der Waals surface area contributed by atoms with Crippen molar-refractivity contribution in [2.75, 3.05) is 7.11 Å². The number of para-hydroxylation sites is 1. The number of pyridine rings is 1. The predicted molar refractivity (Wildman–Crippen MR) is 151 cm³/mol. The van der Waals surface area contributed by atoms with E-state index >= 15 is 0 Å². The van der Waals surface area contributed by atoms with Gasteiger partial charge < -0.3 is 9.47 Å². The molecule has 0 unspecified atom stereocenters. The number of hydrogen-bond acceptors (Lipinski definition) is 3. The van der Waals surface area contributed by atoms with Crippen molar-refractivity contribution in [2.24, 2.45) is 0 Å². The minimum atomic E-state index is -1.15. The van der Waals surface area contributed by atoms with Crippen molar-refractivity contribution in [3.05, 3.63) is 89.0 Å². The fraction of sp³-hybridized carbons (Fsp3) is 0.323. The molecule has 4 heteroatoms. The highest BCUT2D eigenvalue weighted by Gasteiger charge is 2.22. The van der Waals surface area contributed by atoms with Crippen LogP contribution < -0.4 is 14.7 Å². The summed E-state index contributed by atoms with van der Waals surface area (Å²) in [7, 11) is 0.549. The number of nitrogens with zero attached hydrogens (tertiary/aromatic N) is 1. The lowest BCUT2D eigenvalue weighted by Gasteiger charge is -2.25. The van der Waals surface area contributed by atoms with E-state index in [-0.39, 0.29) is 5.41 Å². The van der Waals surface area contributed by atoms with Gasteiger partial charge in [0.15, 0.2) is 0 Å². The number of rotatable bonds is 7. The van der Waals surface area contributed by atoms with Crippen molar-refractivity contribution in [2.45, 2.75) is 59.0 Å². The SMILES string of the molecule is COc1ccc(CCc2c(Oc3nc4ccccc4cc3[SiH](C)C)ccc(C(C)(C)C)c2C)cc1. The summed E-state index contributed by atoms with van der Waals surface area (Å²) in [6.45, 7) is 13.7. The molecule has 0 atom stereocenters. The van der Waals surface area contributed by atoms with E-state index in [2.05, 4.69) is 89.3 Å². The summed E-state index contributed by atoms with van der Waals surface area (Å²) in [6, 6.07) is 23.3. The zero-order valence-electron chi connectivity index (χ0n) is 22.1. The topological polar surface area (TPSA) is 31.4 Å². The highest BCUT2D eigenvalue weighted by molar-refractivity contribution is 6.71. The molecule has 0 aliphatic carbocycles. The van der Waals surface area contributed by atoms with E-state index < -0.39 is 8.80 Å². The van der Waals surface area contributed by atoms with Crippen LogP contribution in [0.2, 0.25) is 13.1 Å². The van der Waals surface area contributed by atoms with E-state index in [1.807, 2.05) is 18.2 Å². The van der Waals surface area contributed by atoms with E-state index in [0.717, 1.165) is 35.7 Å². The van der Waals surface area contributed by atoms with Gasteiger partial charge in [-0.25, -0.2) is 4.98 Å². The molecule has 0 amide bonds. The third-order valence-corrected chi connectivity index (χ3v) is 8.39. The quantitative estimate of drug-likeness (QED) is 0.262. The fourth-order valence-corrected chi connectivity index (χ4v) is 5.86. The van der Waals surface area contributed by atoms with E-state index in [9.17, 15) is 0 Å². The van der Waals surface area contributed by atoms with Gasteiger partial charge >= 0.3 is 0 Å². The first-order valence-corrected chi connectivity index (χ1v) is 15.4. The van der Waals surface area contributed by atoms with Gasteiger partial charge in [0, 0.05) is 5.39 Å². The second-order valence-electron chi connectivity index (χ2n) is 10.6. The van der Waals surface area contributed by atoms with Crippen LogP contribution in [-0.2, 0) is 18.3 Å². The first-order chi connectivity index (χ1) is 16.7. The average molecular weight is 484 g/mol. The number of fused-ring (bicyclic) bond motifs is 1. The summed E-state index contributed by atoms with van der Waals surface area (Å²) in [5, 5.41) is 2.44. The minimum Gasteiger partial charge on any atom is -0.497 e. The van der Waals surface area contributed by atoms with Crippen LogP contribution >= 0.6 is 0 Å². The molecule has 0 spiro atoms. The zero-order chi connectivity index (χ0) is 25.2. The van der Waals surface area contributed by atoms with Crippen molar-refractivity contribution < 1.29 is 9.47 Å². The molecule has 0 aliphatic rings. The molecule has 4 aromatic rings. The van der Waals surface area contributed by atoms with Gasteiger partial charge in [0.1, 0.15) is 11.5 Å². The Hall–Kier alpha value is -3.11. The summed E-state index contributed by atoms with van der Waals surface area (Å²) in [6.07, 6.45) is 1.84. The van der Waals surface area contributed by atoms with Crippen LogP contribution in [0.25, 0.3) is 10.9 Å². The van der Waals surface area contributed by atoms with Crippen molar-refractivity contribution >= 4 is 24.9 Å². The predicted octanol–water partition coefficient (Wildman–Crippen LogP) is 7.12. The summed E-state index contributed by atoms with van der Waals surface area (Å²) >= 11 is 0.